The third-order valence-electron chi connectivity index (χ3n) is 6.51. The number of aromatic nitrogens is 2. The summed E-state index contributed by atoms with van der Waals surface area (Å²) in [5, 5.41) is 2.57. The molecular weight excluding hydrogens is 409 g/mol. The molecule has 0 radical (unpaired) electrons. The van der Waals surface area contributed by atoms with Gasteiger partial charge in [-0.1, -0.05) is 19.1 Å². The Hall–Kier alpha value is -2.87. The first-order valence-electron chi connectivity index (χ1n) is 11.3. The van der Waals surface area contributed by atoms with Crippen molar-refractivity contribution in [1.82, 2.24) is 19.8 Å². The number of nitrogens with one attached hydrogen (secondary N) is 1. The van der Waals surface area contributed by atoms with Gasteiger partial charge in [0.1, 0.15) is 11.6 Å². The van der Waals surface area contributed by atoms with Gasteiger partial charge in [0.05, 0.1) is 23.5 Å². The van der Waals surface area contributed by atoms with Gasteiger partial charge in [0.15, 0.2) is 0 Å². The molecule has 0 aliphatic carbocycles. The van der Waals surface area contributed by atoms with Crippen molar-refractivity contribution in [2.75, 3.05) is 38.0 Å². The number of aryl methyl sites for hydroxylation is 1. The highest BCUT2D eigenvalue weighted by molar-refractivity contribution is 6.04. The predicted octanol–water partition coefficient (Wildman–Crippen LogP) is 3.22. The normalized spacial score (nSPS) is 19.8. The number of likely N-dealkylation sites (tertiary alicyclic amines) is 2. The summed E-state index contributed by atoms with van der Waals surface area (Å²) in [7, 11) is 0. The maximum absolute atomic E-state index is 13.8. The van der Waals surface area contributed by atoms with E-state index in [-0.39, 0.29) is 17.5 Å². The summed E-state index contributed by atoms with van der Waals surface area (Å²) < 4.78 is 13.8. The Balaban J connectivity index is 1.35. The molecule has 2 fully saturated rings. The second kappa shape index (κ2) is 9.73. The minimum absolute atomic E-state index is 0.0581. The van der Waals surface area contributed by atoms with Gasteiger partial charge in [-0.05, 0) is 57.3 Å². The molecule has 32 heavy (non-hydrogen) atoms. The zero-order valence-corrected chi connectivity index (χ0v) is 18.7. The second-order valence-corrected chi connectivity index (χ2v) is 8.95. The molecule has 4 rings (SSSR count). The van der Waals surface area contributed by atoms with Crippen LogP contribution in [0.25, 0.3) is 0 Å². The van der Waals surface area contributed by atoms with Crippen LogP contribution in [0.4, 0.5) is 10.1 Å². The van der Waals surface area contributed by atoms with Crippen LogP contribution >= 0.6 is 0 Å². The summed E-state index contributed by atoms with van der Waals surface area (Å²) >= 11 is 0. The summed E-state index contributed by atoms with van der Waals surface area (Å²) in [4.78, 5) is 38.4. The molecule has 0 unspecified atom stereocenters. The number of carbonyl (C=O) groups excluding carboxylic acids is 2. The fourth-order valence-electron chi connectivity index (χ4n) is 4.37. The van der Waals surface area contributed by atoms with Crippen LogP contribution in [0, 0.1) is 18.7 Å². The van der Waals surface area contributed by atoms with Crippen molar-refractivity contribution in [3.8, 4) is 0 Å². The summed E-state index contributed by atoms with van der Waals surface area (Å²) in [6.07, 6.45) is 4.61. The predicted molar refractivity (Wildman–Crippen MR) is 120 cm³/mol. The van der Waals surface area contributed by atoms with Gasteiger partial charge in [0.2, 0.25) is 5.91 Å². The molecule has 170 valence electrons. The Bertz CT molecular complexity index is 990. The highest BCUT2D eigenvalue weighted by Crippen LogP contribution is 2.26. The van der Waals surface area contributed by atoms with Gasteiger partial charge >= 0.3 is 0 Å². The monoisotopic (exact) mass is 439 g/mol. The molecule has 1 atom stereocenters. The molecular formula is C24H30FN5O2. The van der Waals surface area contributed by atoms with E-state index in [1.807, 2.05) is 4.90 Å². The molecule has 1 N–H and O–H groups in total. The molecule has 7 nitrogen and oxygen atoms in total. The van der Waals surface area contributed by atoms with E-state index < -0.39 is 11.7 Å². The first-order chi connectivity index (χ1) is 15.4. The average molecular weight is 440 g/mol. The molecule has 1 aromatic carbocycles. The summed E-state index contributed by atoms with van der Waals surface area (Å²) in [5.41, 5.74) is 0.965. The van der Waals surface area contributed by atoms with E-state index in [1.54, 1.807) is 19.1 Å². The molecule has 2 aliphatic rings. The van der Waals surface area contributed by atoms with Gasteiger partial charge in [-0.25, -0.2) is 14.4 Å². The lowest BCUT2D eigenvalue weighted by Crippen LogP contribution is -2.42. The smallest absolute Gasteiger partial charge is 0.259 e. The number of halogens is 1. The van der Waals surface area contributed by atoms with Crippen LogP contribution in [0.2, 0.25) is 0 Å². The summed E-state index contributed by atoms with van der Waals surface area (Å²) in [6.45, 7) is 7.77. The highest BCUT2D eigenvalue weighted by atomic mass is 19.1. The van der Waals surface area contributed by atoms with E-state index in [2.05, 4.69) is 27.1 Å². The van der Waals surface area contributed by atoms with Crippen LogP contribution in [0.1, 0.15) is 54.0 Å². The zero-order valence-electron chi connectivity index (χ0n) is 18.7. The average Bonchev–Trinajstić information content (AvgIpc) is 3.27. The number of amides is 2. The van der Waals surface area contributed by atoms with Crippen LogP contribution in [0.5, 0.6) is 0 Å². The Kier molecular flexibility index (Phi) is 6.79. The standard InChI is InChI=1S/C24H30FN5O2/c1-16-7-10-29(11-8-16)15-22(31)30-12-9-18(14-30)23-26-13-19(17(2)27-23)24(32)28-21-6-4-3-5-20(21)25/h3-6,13,16,18H,7-12,14-15H2,1-2H3,(H,28,32)/t18-/m1/s1. The van der Waals surface area contributed by atoms with Crippen LogP contribution in [-0.4, -0.2) is 64.3 Å². The molecule has 2 amide bonds. The van der Waals surface area contributed by atoms with Crippen molar-refractivity contribution < 1.29 is 14.0 Å². The molecule has 0 saturated carbocycles. The number of piperidine rings is 1. The van der Waals surface area contributed by atoms with E-state index in [0.29, 0.717) is 36.7 Å². The van der Waals surface area contributed by atoms with E-state index >= 15 is 0 Å². The fraction of sp³-hybridized carbons (Fsp3) is 0.500. The fourth-order valence-corrected chi connectivity index (χ4v) is 4.37. The lowest BCUT2D eigenvalue weighted by atomic mass is 9.99. The SMILES string of the molecule is Cc1nc([C@@H]2CCN(C(=O)CN3CCC(C)CC3)C2)ncc1C(=O)Nc1ccccc1F. The van der Waals surface area contributed by atoms with E-state index in [4.69, 9.17) is 0 Å². The van der Waals surface area contributed by atoms with Crippen molar-refractivity contribution in [3.63, 3.8) is 0 Å². The van der Waals surface area contributed by atoms with Crippen LogP contribution in [-0.2, 0) is 4.79 Å². The van der Waals surface area contributed by atoms with Crippen molar-refractivity contribution in [2.45, 2.75) is 39.0 Å². The number of anilines is 1. The lowest BCUT2D eigenvalue weighted by molar-refractivity contribution is -0.131. The lowest BCUT2D eigenvalue weighted by Gasteiger charge is -2.30. The molecule has 0 spiro atoms. The number of para-hydroxylation sites is 1. The maximum atomic E-state index is 13.8. The molecule has 2 aromatic rings. The van der Waals surface area contributed by atoms with Crippen LogP contribution in [0.15, 0.2) is 30.5 Å². The Morgan fingerprint density at radius 2 is 1.91 bits per heavy atom. The van der Waals surface area contributed by atoms with Gasteiger partial charge in [-0.15, -0.1) is 0 Å². The number of benzene rings is 1. The minimum Gasteiger partial charge on any atom is -0.341 e. The Morgan fingerprint density at radius 3 is 2.62 bits per heavy atom. The second-order valence-electron chi connectivity index (χ2n) is 8.95. The van der Waals surface area contributed by atoms with Gasteiger partial charge in [0.25, 0.3) is 5.91 Å². The maximum Gasteiger partial charge on any atom is 0.259 e. The molecule has 2 saturated heterocycles. The molecule has 8 heteroatoms. The van der Waals surface area contributed by atoms with Crippen molar-refractivity contribution in [3.05, 3.63) is 53.4 Å². The first-order valence-corrected chi connectivity index (χ1v) is 11.3. The highest BCUT2D eigenvalue weighted by Gasteiger charge is 2.31. The van der Waals surface area contributed by atoms with Gasteiger partial charge in [-0.3, -0.25) is 14.5 Å². The van der Waals surface area contributed by atoms with Crippen LogP contribution < -0.4 is 5.32 Å². The third-order valence-corrected chi connectivity index (χ3v) is 6.51. The largest absolute Gasteiger partial charge is 0.341 e. The molecule has 3 heterocycles. The van der Waals surface area contributed by atoms with Gasteiger partial charge in [0, 0.05) is 25.2 Å². The van der Waals surface area contributed by atoms with Crippen LogP contribution in [0.3, 0.4) is 0 Å². The Morgan fingerprint density at radius 1 is 1.16 bits per heavy atom. The molecule has 2 aliphatic heterocycles. The first kappa shape index (κ1) is 22.3. The van der Waals surface area contributed by atoms with Crippen molar-refractivity contribution >= 4 is 17.5 Å². The number of nitrogens with zero attached hydrogens (tertiary/aromatic N) is 4. The third kappa shape index (κ3) is 5.12. The number of hydrogen-bond acceptors (Lipinski definition) is 5. The zero-order chi connectivity index (χ0) is 22.7. The molecule has 0 bridgehead atoms. The number of carbonyl (C=O) groups is 2. The van der Waals surface area contributed by atoms with E-state index in [1.165, 1.54) is 18.3 Å². The topological polar surface area (TPSA) is 78.4 Å². The van der Waals surface area contributed by atoms with E-state index in [9.17, 15) is 14.0 Å². The summed E-state index contributed by atoms with van der Waals surface area (Å²) in [5.74, 6) is 0.674. The quantitative estimate of drug-likeness (QED) is 0.774. The number of hydrogen-bond donors (Lipinski definition) is 1. The minimum atomic E-state index is -0.495. The Labute approximate surface area is 188 Å². The van der Waals surface area contributed by atoms with Gasteiger partial charge in [-0.2, -0.15) is 0 Å². The number of rotatable bonds is 5. The van der Waals surface area contributed by atoms with Crippen molar-refractivity contribution in [2.24, 2.45) is 5.92 Å². The molecule has 1 aromatic heterocycles. The van der Waals surface area contributed by atoms with Crippen molar-refractivity contribution in [1.29, 1.82) is 0 Å². The summed E-state index contributed by atoms with van der Waals surface area (Å²) in [6, 6.07) is 6.02. The van der Waals surface area contributed by atoms with Gasteiger partial charge < -0.3 is 10.2 Å². The van der Waals surface area contributed by atoms with E-state index in [0.717, 1.165) is 38.3 Å².